The van der Waals surface area contributed by atoms with Gasteiger partial charge in [0.2, 0.25) is 10.0 Å². The summed E-state index contributed by atoms with van der Waals surface area (Å²) in [4.78, 5) is 4.32. The zero-order valence-corrected chi connectivity index (χ0v) is 19.5. The molecule has 168 valence electrons. The van der Waals surface area contributed by atoms with E-state index in [0.717, 1.165) is 22.1 Å². The van der Waals surface area contributed by atoms with Gasteiger partial charge < -0.3 is 5.32 Å². The lowest BCUT2D eigenvalue weighted by atomic mass is 9.97. The molecule has 0 radical (unpaired) electrons. The first-order chi connectivity index (χ1) is 16.0. The number of hydrogen-bond donors (Lipinski definition) is 2. The van der Waals surface area contributed by atoms with Crippen molar-refractivity contribution in [1.29, 1.82) is 0 Å². The molecule has 0 fully saturated rings. The standard InChI is InChI=1S/C26H24ClN3O2S/c27-23-11-9-21(10-12-23)24(20-5-2-1-3-6-20)13-15-28-17-18-30-33(31,32)26-8-4-7-22-19-29-16-14-25(22)26/h1-14,16,19,28,30H,15,17-18H2/b24-13-. The first-order valence-corrected chi connectivity index (χ1v) is 12.5. The maximum Gasteiger partial charge on any atom is 0.241 e. The highest BCUT2D eigenvalue weighted by molar-refractivity contribution is 7.89. The molecule has 5 nitrogen and oxygen atoms in total. The summed E-state index contributed by atoms with van der Waals surface area (Å²) in [5.74, 6) is 0. The van der Waals surface area contributed by atoms with Gasteiger partial charge in [0.1, 0.15) is 0 Å². The van der Waals surface area contributed by atoms with Crippen LogP contribution in [0.1, 0.15) is 11.1 Å². The number of pyridine rings is 1. The molecule has 0 aliphatic heterocycles. The van der Waals surface area contributed by atoms with Crippen LogP contribution in [0.3, 0.4) is 0 Å². The molecule has 0 saturated carbocycles. The summed E-state index contributed by atoms with van der Waals surface area (Å²) in [6, 6.07) is 24.8. The average Bonchev–Trinajstić information content (AvgIpc) is 2.84. The minimum Gasteiger partial charge on any atom is -0.312 e. The Morgan fingerprint density at radius 2 is 1.64 bits per heavy atom. The molecule has 33 heavy (non-hydrogen) atoms. The first kappa shape index (κ1) is 23.1. The third-order valence-electron chi connectivity index (χ3n) is 5.21. The van der Waals surface area contributed by atoms with Gasteiger partial charge in [-0.05, 0) is 41.0 Å². The van der Waals surface area contributed by atoms with Crippen molar-refractivity contribution in [3.8, 4) is 0 Å². The molecule has 4 aromatic rings. The highest BCUT2D eigenvalue weighted by Crippen LogP contribution is 2.24. The van der Waals surface area contributed by atoms with E-state index >= 15 is 0 Å². The largest absolute Gasteiger partial charge is 0.312 e. The summed E-state index contributed by atoms with van der Waals surface area (Å²) in [7, 11) is -3.63. The number of sulfonamides is 1. The smallest absolute Gasteiger partial charge is 0.241 e. The van der Waals surface area contributed by atoms with Gasteiger partial charge >= 0.3 is 0 Å². The van der Waals surface area contributed by atoms with Crippen molar-refractivity contribution < 1.29 is 8.42 Å². The molecule has 0 amide bonds. The normalized spacial score (nSPS) is 12.2. The van der Waals surface area contributed by atoms with Crippen LogP contribution in [0, 0.1) is 0 Å². The summed E-state index contributed by atoms with van der Waals surface area (Å²) >= 11 is 6.05. The van der Waals surface area contributed by atoms with E-state index in [4.69, 9.17) is 11.6 Å². The van der Waals surface area contributed by atoms with Crippen LogP contribution in [-0.2, 0) is 10.0 Å². The van der Waals surface area contributed by atoms with E-state index in [1.807, 2.05) is 48.5 Å². The second-order valence-corrected chi connectivity index (χ2v) is 9.62. The van der Waals surface area contributed by atoms with Gasteiger partial charge in [0.25, 0.3) is 0 Å². The Morgan fingerprint density at radius 1 is 0.879 bits per heavy atom. The van der Waals surface area contributed by atoms with E-state index in [0.29, 0.717) is 23.5 Å². The second kappa shape index (κ2) is 10.7. The van der Waals surface area contributed by atoms with Crippen LogP contribution in [0.4, 0.5) is 0 Å². The van der Waals surface area contributed by atoms with E-state index in [2.05, 4.69) is 33.2 Å². The number of benzene rings is 3. The fourth-order valence-corrected chi connectivity index (χ4v) is 4.99. The Labute approximate surface area is 199 Å². The fraction of sp³-hybridized carbons (Fsp3) is 0.115. The van der Waals surface area contributed by atoms with Gasteiger partial charge in [-0.2, -0.15) is 0 Å². The summed E-state index contributed by atoms with van der Waals surface area (Å²) in [5, 5.41) is 5.43. The van der Waals surface area contributed by atoms with Crippen molar-refractivity contribution in [2.45, 2.75) is 4.90 Å². The van der Waals surface area contributed by atoms with Gasteiger partial charge in [0.05, 0.1) is 4.90 Å². The number of rotatable bonds is 9. The number of nitrogens with zero attached hydrogens (tertiary/aromatic N) is 1. The van der Waals surface area contributed by atoms with Crippen molar-refractivity contribution >= 4 is 38.0 Å². The third kappa shape index (κ3) is 5.86. The Hall–Kier alpha value is -3.03. The zero-order chi connectivity index (χ0) is 23.1. The van der Waals surface area contributed by atoms with Crippen molar-refractivity contribution in [1.82, 2.24) is 15.0 Å². The van der Waals surface area contributed by atoms with Crippen LogP contribution >= 0.6 is 11.6 Å². The van der Waals surface area contributed by atoms with Crippen LogP contribution in [0.25, 0.3) is 16.3 Å². The molecule has 2 N–H and O–H groups in total. The number of hydrogen-bond acceptors (Lipinski definition) is 4. The lowest BCUT2D eigenvalue weighted by molar-refractivity contribution is 0.579. The molecule has 7 heteroatoms. The SMILES string of the molecule is O=S(=O)(NCCNC/C=C(/c1ccccc1)c1ccc(Cl)cc1)c1cccc2cnccc12. The van der Waals surface area contributed by atoms with Gasteiger partial charge in [-0.25, -0.2) is 13.1 Å². The molecule has 0 aliphatic carbocycles. The van der Waals surface area contributed by atoms with Gasteiger partial charge in [-0.3, -0.25) is 4.98 Å². The zero-order valence-electron chi connectivity index (χ0n) is 17.9. The number of aromatic nitrogens is 1. The highest BCUT2D eigenvalue weighted by Gasteiger charge is 2.16. The highest BCUT2D eigenvalue weighted by atomic mass is 35.5. The summed E-state index contributed by atoms with van der Waals surface area (Å²) < 4.78 is 28.3. The molecule has 0 atom stereocenters. The Bertz CT molecular complexity index is 1350. The fourth-order valence-electron chi connectivity index (χ4n) is 3.60. The van der Waals surface area contributed by atoms with Gasteiger partial charge in [0.15, 0.2) is 0 Å². The Kier molecular flexibility index (Phi) is 7.52. The van der Waals surface area contributed by atoms with Crippen LogP contribution in [0.15, 0.2) is 102 Å². The maximum atomic E-state index is 12.8. The molecule has 0 aliphatic rings. The number of nitrogens with one attached hydrogen (secondary N) is 2. The van der Waals surface area contributed by atoms with Crippen molar-refractivity contribution in [3.63, 3.8) is 0 Å². The molecule has 4 rings (SSSR count). The molecular weight excluding hydrogens is 454 g/mol. The minimum atomic E-state index is -3.63. The lowest BCUT2D eigenvalue weighted by Crippen LogP contribution is -2.32. The maximum absolute atomic E-state index is 12.8. The molecule has 0 spiro atoms. The lowest BCUT2D eigenvalue weighted by Gasteiger charge is -2.11. The molecule has 0 bridgehead atoms. The predicted octanol–water partition coefficient (Wildman–Crippen LogP) is 4.89. The van der Waals surface area contributed by atoms with Crippen LogP contribution < -0.4 is 10.0 Å². The molecule has 0 saturated heterocycles. The summed E-state index contributed by atoms with van der Waals surface area (Å²) in [5.41, 5.74) is 3.26. The third-order valence-corrected chi connectivity index (χ3v) is 6.99. The van der Waals surface area contributed by atoms with Gasteiger partial charge in [-0.1, -0.05) is 72.3 Å². The van der Waals surface area contributed by atoms with E-state index in [1.54, 1.807) is 30.6 Å². The van der Waals surface area contributed by atoms with Crippen LogP contribution in [0.5, 0.6) is 0 Å². The van der Waals surface area contributed by atoms with E-state index in [-0.39, 0.29) is 11.4 Å². The van der Waals surface area contributed by atoms with Crippen LogP contribution in [0.2, 0.25) is 5.02 Å². The second-order valence-electron chi connectivity index (χ2n) is 7.45. The predicted molar refractivity (Wildman–Crippen MR) is 135 cm³/mol. The Morgan fingerprint density at radius 3 is 2.42 bits per heavy atom. The average molecular weight is 478 g/mol. The van der Waals surface area contributed by atoms with Gasteiger partial charge in [0, 0.05) is 47.8 Å². The van der Waals surface area contributed by atoms with Gasteiger partial charge in [-0.15, -0.1) is 0 Å². The Balaban J connectivity index is 1.38. The van der Waals surface area contributed by atoms with Crippen molar-refractivity contribution in [3.05, 3.63) is 113 Å². The van der Waals surface area contributed by atoms with E-state index in [9.17, 15) is 8.42 Å². The minimum absolute atomic E-state index is 0.261. The topological polar surface area (TPSA) is 71.1 Å². The van der Waals surface area contributed by atoms with Crippen molar-refractivity contribution in [2.75, 3.05) is 19.6 Å². The summed E-state index contributed by atoms with van der Waals surface area (Å²) in [6.45, 7) is 1.36. The quantitative estimate of drug-likeness (QED) is 0.337. The van der Waals surface area contributed by atoms with E-state index < -0.39 is 10.0 Å². The summed E-state index contributed by atoms with van der Waals surface area (Å²) in [6.07, 6.45) is 5.36. The molecular formula is C26H24ClN3O2S. The number of fused-ring (bicyclic) bond motifs is 1. The number of halogens is 1. The first-order valence-electron chi connectivity index (χ1n) is 10.6. The van der Waals surface area contributed by atoms with E-state index in [1.165, 1.54) is 0 Å². The van der Waals surface area contributed by atoms with Crippen LogP contribution in [-0.4, -0.2) is 33.0 Å². The molecule has 3 aromatic carbocycles. The van der Waals surface area contributed by atoms with Crippen molar-refractivity contribution in [2.24, 2.45) is 0 Å². The molecule has 1 heterocycles. The monoisotopic (exact) mass is 477 g/mol. The molecule has 0 unspecified atom stereocenters. The molecule has 1 aromatic heterocycles.